The van der Waals surface area contributed by atoms with E-state index in [1.807, 2.05) is 6.92 Å². The van der Waals surface area contributed by atoms with E-state index < -0.39 is 16.1 Å². The van der Waals surface area contributed by atoms with Gasteiger partial charge in [-0.3, -0.25) is 9.59 Å². The molecule has 0 aliphatic rings. The molecular weight excluding hydrogens is 394 g/mol. The Morgan fingerprint density at radius 1 is 1.10 bits per heavy atom. The van der Waals surface area contributed by atoms with Crippen molar-refractivity contribution in [1.29, 1.82) is 0 Å². The van der Waals surface area contributed by atoms with Crippen LogP contribution in [0.3, 0.4) is 0 Å². The molecule has 8 heteroatoms. The summed E-state index contributed by atoms with van der Waals surface area (Å²) in [5, 5.41) is 2.68. The number of nitrogens with one attached hydrogen (secondary N) is 1. The van der Waals surface area contributed by atoms with Crippen LogP contribution in [0.4, 0.5) is 0 Å². The molecule has 0 aliphatic carbocycles. The second-order valence-electron chi connectivity index (χ2n) is 6.57. The van der Waals surface area contributed by atoms with Gasteiger partial charge in [-0.15, -0.1) is 0 Å². The van der Waals surface area contributed by atoms with Gasteiger partial charge in [-0.05, 0) is 43.7 Å². The first kappa shape index (κ1) is 22.4. The summed E-state index contributed by atoms with van der Waals surface area (Å²) in [5.74, 6) is -0.891. The minimum absolute atomic E-state index is 0.0439. The smallest absolute Gasteiger partial charge is 0.339 e. The van der Waals surface area contributed by atoms with Gasteiger partial charge in [0.05, 0.1) is 13.0 Å². The largest absolute Gasteiger partial charge is 0.466 e. The molecule has 0 aliphatic heterocycles. The second kappa shape index (κ2) is 10.1. The van der Waals surface area contributed by atoms with E-state index in [-0.39, 0.29) is 42.0 Å². The van der Waals surface area contributed by atoms with Crippen LogP contribution in [-0.4, -0.2) is 33.4 Å². The fraction of sp³-hybridized carbons (Fsp3) is 0.333. The molecule has 1 atom stereocenters. The molecule has 0 spiro atoms. The molecule has 1 N–H and O–H groups in total. The fourth-order valence-electron chi connectivity index (χ4n) is 2.70. The number of hydrogen-bond acceptors (Lipinski definition) is 6. The Bertz CT molecular complexity index is 953. The lowest BCUT2D eigenvalue weighted by Gasteiger charge is -2.18. The molecule has 0 saturated heterocycles. The molecule has 156 valence electrons. The van der Waals surface area contributed by atoms with Gasteiger partial charge in [0.1, 0.15) is 10.6 Å². The number of rotatable bonds is 9. The van der Waals surface area contributed by atoms with Gasteiger partial charge in [0, 0.05) is 19.4 Å². The van der Waals surface area contributed by atoms with Gasteiger partial charge < -0.3 is 14.2 Å². The van der Waals surface area contributed by atoms with Gasteiger partial charge >= 0.3 is 16.1 Å². The highest BCUT2D eigenvalue weighted by Gasteiger charge is 2.20. The molecule has 1 amide bonds. The number of benzene rings is 2. The number of ether oxygens (including phenoxy) is 1. The minimum atomic E-state index is -3.99. The highest BCUT2D eigenvalue weighted by atomic mass is 32.2. The molecule has 2 aromatic carbocycles. The molecule has 7 nitrogen and oxygen atoms in total. The van der Waals surface area contributed by atoms with Gasteiger partial charge in [0.15, 0.2) is 0 Å². The van der Waals surface area contributed by atoms with Crippen molar-refractivity contribution >= 4 is 22.0 Å². The van der Waals surface area contributed by atoms with Crippen molar-refractivity contribution in [2.75, 3.05) is 13.2 Å². The summed E-state index contributed by atoms with van der Waals surface area (Å²) in [4.78, 5) is 23.3. The number of esters is 1. The Morgan fingerprint density at radius 3 is 2.41 bits per heavy atom. The minimum Gasteiger partial charge on any atom is -0.466 e. The zero-order chi connectivity index (χ0) is 21.4. The van der Waals surface area contributed by atoms with Crippen LogP contribution in [0, 0.1) is 6.92 Å². The standard InChI is InChI=1S/C21H25NO6S/c1-4-27-21(24)13-18(14-22-16(3)23)17-6-5-7-19(12-17)28-29(25,26)20-10-8-15(2)9-11-20/h5-12,18H,4,13-14H2,1-3H3,(H,22,23). The van der Waals surface area contributed by atoms with Crippen molar-refractivity contribution in [3.05, 3.63) is 59.7 Å². The van der Waals surface area contributed by atoms with E-state index in [2.05, 4.69) is 5.32 Å². The number of carbonyl (C=O) groups excluding carboxylic acids is 2. The summed E-state index contributed by atoms with van der Waals surface area (Å²) in [5.41, 5.74) is 1.59. The first-order chi connectivity index (χ1) is 13.7. The van der Waals surface area contributed by atoms with Gasteiger partial charge in [-0.1, -0.05) is 29.8 Å². The van der Waals surface area contributed by atoms with Crippen molar-refractivity contribution in [2.24, 2.45) is 0 Å². The summed E-state index contributed by atoms with van der Waals surface area (Å²) >= 11 is 0. The molecule has 0 aromatic heterocycles. The Morgan fingerprint density at radius 2 is 1.79 bits per heavy atom. The maximum Gasteiger partial charge on any atom is 0.339 e. The quantitative estimate of drug-likeness (QED) is 0.496. The van der Waals surface area contributed by atoms with Crippen LogP contribution in [-0.2, 0) is 24.4 Å². The third kappa shape index (κ3) is 6.90. The Labute approximate surface area is 171 Å². The average Bonchev–Trinajstić information content (AvgIpc) is 2.65. The zero-order valence-corrected chi connectivity index (χ0v) is 17.5. The molecule has 1 unspecified atom stereocenters. The molecule has 2 rings (SSSR count). The van der Waals surface area contributed by atoms with Crippen LogP contribution >= 0.6 is 0 Å². The van der Waals surface area contributed by atoms with Gasteiger partial charge in [0.25, 0.3) is 0 Å². The normalized spacial score (nSPS) is 12.1. The SMILES string of the molecule is CCOC(=O)CC(CNC(C)=O)c1cccc(OS(=O)(=O)c2ccc(C)cc2)c1. The first-order valence-electron chi connectivity index (χ1n) is 9.22. The fourth-order valence-corrected chi connectivity index (χ4v) is 3.62. The van der Waals surface area contributed by atoms with E-state index in [1.54, 1.807) is 37.3 Å². The predicted octanol–water partition coefficient (Wildman–Crippen LogP) is 2.94. The molecule has 2 aromatic rings. The summed E-state index contributed by atoms with van der Waals surface area (Å²) in [6.07, 6.45) is 0.0439. The highest BCUT2D eigenvalue weighted by molar-refractivity contribution is 7.87. The first-order valence-corrected chi connectivity index (χ1v) is 10.6. The third-order valence-corrected chi connectivity index (χ3v) is 5.42. The van der Waals surface area contributed by atoms with Crippen LogP contribution < -0.4 is 9.50 Å². The van der Waals surface area contributed by atoms with Crippen molar-refractivity contribution in [1.82, 2.24) is 5.32 Å². The lowest BCUT2D eigenvalue weighted by atomic mass is 9.95. The summed E-state index contributed by atoms with van der Waals surface area (Å²) in [7, 11) is -3.99. The lowest BCUT2D eigenvalue weighted by molar-refractivity contribution is -0.143. The average molecular weight is 419 g/mol. The number of hydrogen-bond donors (Lipinski definition) is 1. The van der Waals surface area contributed by atoms with Crippen LogP contribution in [0.5, 0.6) is 5.75 Å². The maximum absolute atomic E-state index is 12.5. The van der Waals surface area contributed by atoms with E-state index in [1.165, 1.54) is 25.1 Å². The Kier molecular flexibility index (Phi) is 7.78. The Hall–Kier alpha value is -2.87. The second-order valence-corrected chi connectivity index (χ2v) is 8.11. The van der Waals surface area contributed by atoms with Crippen LogP contribution in [0.1, 0.15) is 37.3 Å². The van der Waals surface area contributed by atoms with E-state index >= 15 is 0 Å². The number of carbonyl (C=O) groups is 2. The summed E-state index contributed by atoms with van der Waals surface area (Å²) in [6.45, 7) is 5.42. The van der Waals surface area contributed by atoms with Crippen LogP contribution in [0.15, 0.2) is 53.4 Å². The van der Waals surface area contributed by atoms with Crippen LogP contribution in [0.2, 0.25) is 0 Å². The molecule has 29 heavy (non-hydrogen) atoms. The van der Waals surface area contributed by atoms with Crippen molar-refractivity contribution < 1.29 is 26.9 Å². The molecule has 0 fully saturated rings. The molecule has 0 saturated carbocycles. The van der Waals surface area contributed by atoms with E-state index in [9.17, 15) is 18.0 Å². The Balaban J connectivity index is 2.24. The molecule has 0 heterocycles. The third-order valence-electron chi connectivity index (χ3n) is 4.16. The number of aryl methyl sites for hydroxylation is 1. The van der Waals surface area contributed by atoms with Crippen LogP contribution in [0.25, 0.3) is 0 Å². The maximum atomic E-state index is 12.5. The summed E-state index contributed by atoms with van der Waals surface area (Å²) in [6, 6.07) is 12.8. The van der Waals surface area contributed by atoms with E-state index in [4.69, 9.17) is 8.92 Å². The van der Waals surface area contributed by atoms with Crippen molar-refractivity contribution in [3.63, 3.8) is 0 Å². The van der Waals surface area contributed by atoms with Gasteiger partial charge in [-0.25, -0.2) is 0 Å². The monoisotopic (exact) mass is 419 g/mol. The highest BCUT2D eigenvalue weighted by Crippen LogP contribution is 2.26. The molecule has 0 radical (unpaired) electrons. The van der Waals surface area contributed by atoms with Gasteiger partial charge in [0.2, 0.25) is 5.91 Å². The summed E-state index contributed by atoms with van der Waals surface area (Å²) < 4.78 is 35.3. The molecular formula is C21H25NO6S. The van der Waals surface area contributed by atoms with Gasteiger partial charge in [-0.2, -0.15) is 8.42 Å². The zero-order valence-electron chi connectivity index (χ0n) is 16.7. The number of amides is 1. The van der Waals surface area contributed by atoms with Crippen molar-refractivity contribution in [2.45, 2.75) is 38.0 Å². The lowest BCUT2D eigenvalue weighted by Crippen LogP contribution is -2.27. The molecule has 0 bridgehead atoms. The topological polar surface area (TPSA) is 98.8 Å². The van der Waals surface area contributed by atoms with E-state index in [0.29, 0.717) is 5.56 Å². The van der Waals surface area contributed by atoms with E-state index in [0.717, 1.165) is 5.56 Å². The predicted molar refractivity (Wildman–Crippen MR) is 108 cm³/mol. The van der Waals surface area contributed by atoms with Crippen molar-refractivity contribution in [3.8, 4) is 5.75 Å².